The number of fused-ring (bicyclic) bond motifs is 1. The van der Waals surface area contributed by atoms with Gasteiger partial charge in [-0.2, -0.15) is 0 Å². The molecule has 2 atom stereocenters. The molecule has 2 aliphatic heterocycles. The maximum atomic E-state index is 13.0. The van der Waals surface area contributed by atoms with Gasteiger partial charge in [-0.3, -0.25) is 9.69 Å². The molecule has 0 aromatic carbocycles. The summed E-state index contributed by atoms with van der Waals surface area (Å²) in [6, 6.07) is 2.23. The predicted octanol–water partition coefficient (Wildman–Crippen LogP) is 3.69. The summed E-state index contributed by atoms with van der Waals surface area (Å²) in [7, 11) is 0. The number of hydrogen-bond acceptors (Lipinski definition) is 4. The van der Waals surface area contributed by atoms with Crippen molar-refractivity contribution in [2.24, 2.45) is 5.92 Å². The Hall–Kier alpha value is -1.04. The van der Waals surface area contributed by atoms with Crippen LogP contribution in [0.25, 0.3) is 0 Å². The highest BCUT2D eigenvalue weighted by atomic mass is 35.5. The van der Waals surface area contributed by atoms with E-state index in [2.05, 4.69) is 19.7 Å². The molecule has 5 nitrogen and oxygen atoms in total. The summed E-state index contributed by atoms with van der Waals surface area (Å²) in [4.78, 5) is 24.0. The van der Waals surface area contributed by atoms with E-state index in [1.54, 1.807) is 12.3 Å². The SMILES string of the molecule is O=C(CN1CCN(c2ncc(Cl)cc2Cl)CC1)N1CCCC2CCCCC21. The van der Waals surface area contributed by atoms with Crippen molar-refractivity contribution >= 4 is 34.9 Å². The van der Waals surface area contributed by atoms with E-state index < -0.39 is 0 Å². The van der Waals surface area contributed by atoms with Crippen molar-refractivity contribution in [3.05, 3.63) is 22.3 Å². The number of pyridine rings is 1. The van der Waals surface area contributed by atoms with E-state index in [1.807, 2.05) is 0 Å². The minimum Gasteiger partial charge on any atom is -0.353 e. The number of likely N-dealkylation sites (tertiary alicyclic amines) is 1. The van der Waals surface area contributed by atoms with E-state index >= 15 is 0 Å². The first-order valence-electron chi connectivity index (χ1n) is 10.2. The first kappa shape index (κ1) is 19.3. The number of halogens is 2. The third-order valence-corrected chi connectivity index (χ3v) is 6.87. The van der Waals surface area contributed by atoms with Crippen LogP contribution in [0.4, 0.5) is 5.82 Å². The van der Waals surface area contributed by atoms with Gasteiger partial charge in [0.05, 0.1) is 16.6 Å². The van der Waals surface area contributed by atoms with Crippen LogP contribution in [-0.4, -0.2) is 66.0 Å². The monoisotopic (exact) mass is 410 g/mol. The van der Waals surface area contributed by atoms with Gasteiger partial charge in [0, 0.05) is 45.0 Å². The maximum Gasteiger partial charge on any atom is 0.237 e. The zero-order chi connectivity index (χ0) is 18.8. The van der Waals surface area contributed by atoms with E-state index in [4.69, 9.17) is 23.2 Å². The quantitative estimate of drug-likeness (QED) is 0.761. The van der Waals surface area contributed by atoms with Gasteiger partial charge in [0.25, 0.3) is 0 Å². The molecule has 2 unspecified atom stereocenters. The molecule has 0 radical (unpaired) electrons. The molecule has 0 N–H and O–H groups in total. The zero-order valence-corrected chi connectivity index (χ0v) is 17.3. The lowest BCUT2D eigenvalue weighted by molar-refractivity contribution is -0.138. The molecular formula is C20H28Cl2N4O. The second kappa shape index (κ2) is 8.54. The Bertz CT molecular complexity index is 676. The summed E-state index contributed by atoms with van der Waals surface area (Å²) < 4.78 is 0. The molecule has 1 aromatic rings. The fraction of sp³-hybridized carbons (Fsp3) is 0.700. The number of amides is 1. The highest BCUT2D eigenvalue weighted by Gasteiger charge is 2.36. The summed E-state index contributed by atoms with van der Waals surface area (Å²) in [6.45, 7) is 4.85. The fourth-order valence-electron chi connectivity index (χ4n) is 4.97. The Morgan fingerprint density at radius 2 is 1.78 bits per heavy atom. The lowest BCUT2D eigenvalue weighted by Gasteiger charge is -2.45. The minimum absolute atomic E-state index is 0.322. The molecule has 1 aromatic heterocycles. The van der Waals surface area contributed by atoms with Gasteiger partial charge in [-0.05, 0) is 37.7 Å². The number of nitrogens with zero attached hydrogens (tertiary/aromatic N) is 4. The lowest BCUT2D eigenvalue weighted by atomic mass is 9.78. The number of carbonyl (C=O) groups excluding carboxylic acids is 1. The summed E-state index contributed by atoms with van der Waals surface area (Å²) in [5, 5.41) is 1.14. The molecule has 7 heteroatoms. The van der Waals surface area contributed by atoms with Crippen LogP contribution in [0.15, 0.2) is 12.3 Å². The third kappa shape index (κ3) is 4.36. The molecule has 2 saturated heterocycles. The van der Waals surface area contributed by atoms with E-state index in [0.29, 0.717) is 28.5 Å². The highest BCUT2D eigenvalue weighted by Crippen LogP contribution is 2.35. The molecule has 3 heterocycles. The summed E-state index contributed by atoms with van der Waals surface area (Å²) in [5.74, 6) is 1.85. The van der Waals surface area contributed by atoms with Crippen molar-refractivity contribution in [3.63, 3.8) is 0 Å². The largest absolute Gasteiger partial charge is 0.353 e. The average Bonchev–Trinajstić information content (AvgIpc) is 2.68. The number of anilines is 1. The topological polar surface area (TPSA) is 39.7 Å². The Morgan fingerprint density at radius 1 is 1.04 bits per heavy atom. The maximum absolute atomic E-state index is 13.0. The van der Waals surface area contributed by atoms with Gasteiger partial charge >= 0.3 is 0 Å². The molecule has 3 fully saturated rings. The molecule has 1 amide bonds. The second-order valence-electron chi connectivity index (χ2n) is 8.06. The van der Waals surface area contributed by atoms with Crippen molar-refractivity contribution in [3.8, 4) is 0 Å². The number of piperazine rings is 1. The number of rotatable bonds is 3. The molecule has 1 aliphatic carbocycles. The molecule has 0 bridgehead atoms. The normalized spacial score (nSPS) is 26.7. The Balaban J connectivity index is 1.31. The van der Waals surface area contributed by atoms with Crippen LogP contribution in [0, 0.1) is 5.92 Å². The van der Waals surface area contributed by atoms with Crippen LogP contribution < -0.4 is 4.90 Å². The van der Waals surface area contributed by atoms with Crippen molar-refractivity contribution in [2.75, 3.05) is 44.2 Å². The third-order valence-electron chi connectivity index (χ3n) is 6.38. The fourth-order valence-corrected chi connectivity index (χ4v) is 5.47. The number of piperidine rings is 1. The minimum atomic E-state index is 0.322. The summed E-state index contributed by atoms with van der Waals surface area (Å²) >= 11 is 12.2. The highest BCUT2D eigenvalue weighted by molar-refractivity contribution is 6.36. The number of carbonyl (C=O) groups is 1. The van der Waals surface area contributed by atoms with E-state index in [0.717, 1.165) is 44.5 Å². The van der Waals surface area contributed by atoms with Crippen LogP contribution in [-0.2, 0) is 4.79 Å². The Kier molecular flexibility index (Phi) is 6.10. The van der Waals surface area contributed by atoms with Crippen LogP contribution in [0.2, 0.25) is 10.0 Å². The molecule has 27 heavy (non-hydrogen) atoms. The molecule has 4 rings (SSSR count). The summed E-state index contributed by atoms with van der Waals surface area (Å²) in [6.07, 6.45) is 9.23. The molecule has 0 spiro atoms. The van der Waals surface area contributed by atoms with Gasteiger partial charge in [-0.15, -0.1) is 0 Å². The summed E-state index contributed by atoms with van der Waals surface area (Å²) in [5.41, 5.74) is 0. The van der Waals surface area contributed by atoms with Gasteiger partial charge in [0.1, 0.15) is 5.82 Å². The van der Waals surface area contributed by atoms with E-state index in [-0.39, 0.29) is 0 Å². The van der Waals surface area contributed by atoms with Crippen molar-refractivity contribution in [2.45, 2.75) is 44.6 Å². The van der Waals surface area contributed by atoms with Crippen LogP contribution >= 0.6 is 23.2 Å². The molecule has 3 aliphatic rings. The first-order valence-corrected chi connectivity index (χ1v) is 11.0. The van der Waals surface area contributed by atoms with Crippen molar-refractivity contribution in [1.82, 2.24) is 14.8 Å². The van der Waals surface area contributed by atoms with E-state index in [9.17, 15) is 4.79 Å². The van der Waals surface area contributed by atoms with Crippen molar-refractivity contribution < 1.29 is 4.79 Å². The molecule has 148 valence electrons. The lowest BCUT2D eigenvalue weighted by Crippen LogP contribution is -2.55. The molecular weight excluding hydrogens is 383 g/mol. The van der Waals surface area contributed by atoms with Gasteiger partial charge in [-0.25, -0.2) is 4.98 Å². The van der Waals surface area contributed by atoms with Crippen molar-refractivity contribution in [1.29, 1.82) is 0 Å². The Labute approximate surface area is 171 Å². The standard InChI is InChI=1S/C20H28Cl2N4O/c21-16-12-17(22)20(23-13-16)25-10-8-24(9-11-25)14-19(27)26-7-3-5-15-4-1-2-6-18(15)26/h12-13,15,18H,1-11,14H2. The number of hydrogen-bond donors (Lipinski definition) is 0. The van der Waals surface area contributed by atoms with Gasteiger partial charge in [-0.1, -0.05) is 36.0 Å². The van der Waals surface area contributed by atoms with Crippen LogP contribution in [0.5, 0.6) is 0 Å². The second-order valence-corrected chi connectivity index (χ2v) is 8.91. The van der Waals surface area contributed by atoms with Gasteiger partial charge < -0.3 is 9.80 Å². The van der Waals surface area contributed by atoms with Gasteiger partial charge in [0.15, 0.2) is 0 Å². The van der Waals surface area contributed by atoms with Crippen LogP contribution in [0.3, 0.4) is 0 Å². The van der Waals surface area contributed by atoms with E-state index in [1.165, 1.54) is 38.5 Å². The molecule has 1 saturated carbocycles. The smallest absolute Gasteiger partial charge is 0.237 e. The first-order chi connectivity index (χ1) is 13.1. The van der Waals surface area contributed by atoms with Crippen LogP contribution in [0.1, 0.15) is 38.5 Å². The zero-order valence-electron chi connectivity index (χ0n) is 15.7. The predicted molar refractivity (Wildman–Crippen MR) is 110 cm³/mol. The average molecular weight is 411 g/mol. The Morgan fingerprint density at radius 3 is 2.56 bits per heavy atom. The number of aromatic nitrogens is 1. The van der Waals surface area contributed by atoms with Gasteiger partial charge in [0.2, 0.25) is 5.91 Å².